The molecule has 0 spiro atoms. The monoisotopic (exact) mass is 496 g/mol. The highest BCUT2D eigenvalue weighted by Crippen LogP contribution is 2.25. The Balaban J connectivity index is 1.33. The van der Waals surface area contributed by atoms with Crippen molar-refractivity contribution in [2.24, 2.45) is 0 Å². The molecular formula is C25H21ClN2O5S. The first-order valence-corrected chi connectivity index (χ1v) is 12.2. The van der Waals surface area contributed by atoms with E-state index >= 15 is 0 Å². The summed E-state index contributed by atoms with van der Waals surface area (Å²) in [6, 6.07) is 21.6. The predicted molar refractivity (Wildman–Crippen MR) is 129 cm³/mol. The van der Waals surface area contributed by atoms with E-state index < -0.39 is 16.0 Å². The molecule has 4 aromatic rings. The summed E-state index contributed by atoms with van der Waals surface area (Å²) in [7, 11) is -2.22. The number of carbonyl (C=O) groups is 1. The summed E-state index contributed by atoms with van der Waals surface area (Å²) in [5.74, 6) is 0.868. The standard InChI is InChI=1S/C25H21ClN2O5S/c1-28(34(30,31)22-5-3-2-4-6-22)20-11-13-21(14-12-20)32-25(29)16-15-24-27-17-23(33-24)18-7-9-19(26)10-8-18/h2-14,17H,15-16H2,1H3. The van der Waals surface area contributed by atoms with Crippen LogP contribution in [-0.2, 0) is 21.2 Å². The Morgan fingerprint density at radius 1 is 1.00 bits per heavy atom. The van der Waals surface area contributed by atoms with Gasteiger partial charge < -0.3 is 9.15 Å². The number of oxazole rings is 1. The molecule has 1 heterocycles. The Labute approximate surface area is 202 Å². The van der Waals surface area contributed by atoms with Crippen LogP contribution in [0.5, 0.6) is 5.75 Å². The first-order chi connectivity index (χ1) is 16.3. The SMILES string of the molecule is CN(c1ccc(OC(=O)CCc2ncc(-c3ccc(Cl)cc3)o2)cc1)S(=O)(=O)c1ccccc1. The minimum absolute atomic E-state index is 0.0740. The maximum absolute atomic E-state index is 12.7. The van der Waals surface area contributed by atoms with Gasteiger partial charge in [-0.1, -0.05) is 29.8 Å². The molecule has 9 heteroatoms. The van der Waals surface area contributed by atoms with Gasteiger partial charge in [0.15, 0.2) is 11.7 Å². The lowest BCUT2D eigenvalue weighted by molar-refractivity contribution is -0.134. The normalized spacial score (nSPS) is 11.2. The molecule has 0 aliphatic heterocycles. The average molecular weight is 497 g/mol. The van der Waals surface area contributed by atoms with Gasteiger partial charge in [0.1, 0.15) is 5.75 Å². The second kappa shape index (κ2) is 10.1. The Hall–Kier alpha value is -3.62. The second-order valence-electron chi connectivity index (χ2n) is 7.38. The number of nitrogens with zero attached hydrogens (tertiary/aromatic N) is 2. The quantitative estimate of drug-likeness (QED) is 0.241. The van der Waals surface area contributed by atoms with Crippen LogP contribution in [0.15, 0.2) is 94.4 Å². The summed E-state index contributed by atoms with van der Waals surface area (Å²) in [6.07, 6.45) is 1.95. The summed E-state index contributed by atoms with van der Waals surface area (Å²) in [6.45, 7) is 0. The van der Waals surface area contributed by atoms with Crippen LogP contribution < -0.4 is 9.04 Å². The molecule has 1 aromatic heterocycles. The van der Waals surface area contributed by atoms with Gasteiger partial charge in [-0.15, -0.1) is 0 Å². The lowest BCUT2D eigenvalue weighted by Gasteiger charge is -2.19. The number of benzene rings is 3. The van der Waals surface area contributed by atoms with Gasteiger partial charge in [0.05, 0.1) is 23.2 Å². The van der Waals surface area contributed by atoms with Crippen LogP contribution in [0, 0.1) is 0 Å². The van der Waals surface area contributed by atoms with Gasteiger partial charge in [-0.25, -0.2) is 13.4 Å². The van der Waals surface area contributed by atoms with E-state index in [2.05, 4.69) is 4.98 Å². The first kappa shape index (κ1) is 23.5. The van der Waals surface area contributed by atoms with Crippen molar-refractivity contribution < 1.29 is 22.4 Å². The summed E-state index contributed by atoms with van der Waals surface area (Å²) in [5.41, 5.74) is 1.28. The number of aryl methyl sites for hydroxylation is 1. The zero-order valence-electron chi connectivity index (χ0n) is 18.2. The maximum Gasteiger partial charge on any atom is 0.311 e. The van der Waals surface area contributed by atoms with E-state index in [1.807, 2.05) is 12.1 Å². The average Bonchev–Trinajstić information content (AvgIpc) is 3.33. The molecule has 0 atom stereocenters. The highest BCUT2D eigenvalue weighted by atomic mass is 35.5. The third kappa shape index (κ3) is 5.47. The van der Waals surface area contributed by atoms with E-state index in [9.17, 15) is 13.2 Å². The van der Waals surface area contributed by atoms with Crippen LogP contribution >= 0.6 is 11.6 Å². The van der Waals surface area contributed by atoms with Gasteiger partial charge in [-0.3, -0.25) is 9.10 Å². The van der Waals surface area contributed by atoms with E-state index in [0.29, 0.717) is 28.1 Å². The molecule has 4 rings (SSSR count). The number of hydrogen-bond donors (Lipinski definition) is 0. The Bertz CT molecular complexity index is 1370. The van der Waals surface area contributed by atoms with Crippen molar-refractivity contribution in [1.82, 2.24) is 4.98 Å². The number of halogens is 1. The predicted octanol–water partition coefficient (Wildman–Crippen LogP) is 5.36. The Kier molecular flexibility index (Phi) is 7.00. The number of esters is 1. The minimum Gasteiger partial charge on any atom is -0.441 e. The molecule has 0 unspecified atom stereocenters. The molecule has 0 aliphatic rings. The van der Waals surface area contributed by atoms with Crippen LogP contribution in [0.4, 0.5) is 5.69 Å². The molecule has 0 aliphatic carbocycles. The number of aromatic nitrogens is 1. The Morgan fingerprint density at radius 2 is 1.68 bits per heavy atom. The molecular weight excluding hydrogens is 476 g/mol. The van der Waals surface area contributed by atoms with E-state index in [0.717, 1.165) is 5.56 Å². The van der Waals surface area contributed by atoms with Gasteiger partial charge in [-0.2, -0.15) is 0 Å². The lowest BCUT2D eigenvalue weighted by Crippen LogP contribution is -2.26. The summed E-state index contributed by atoms with van der Waals surface area (Å²) < 4.78 is 37.7. The maximum atomic E-state index is 12.7. The molecule has 0 amide bonds. The van der Waals surface area contributed by atoms with Crippen molar-refractivity contribution in [3.63, 3.8) is 0 Å². The molecule has 0 saturated heterocycles. The third-order valence-electron chi connectivity index (χ3n) is 5.06. The summed E-state index contributed by atoms with van der Waals surface area (Å²) >= 11 is 5.90. The van der Waals surface area contributed by atoms with Crippen LogP contribution in [0.3, 0.4) is 0 Å². The van der Waals surface area contributed by atoms with Gasteiger partial charge >= 0.3 is 5.97 Å². The fourth-order valence-electron chi connectivity index (χ4n) is 3.18. The third-order valence-corrected chi connectivity index (χ3v) is 7.11. The largest absolute Gasteiger partial charge is 0.441 e. The minimum atomic E-state index is -3.69. The van der Waals surface area contributed by atoms with Gasteiger partial charge in [0.25, 0.3) is 10.0 Å². The number of hydrogen-bond acceptors (Lipinski definition) is 6. The fraction of sp³-hybridized carbons (Fsp3) is 0.120. The van der Waals surface area contributed by atoms with Crippen LogP contribution in [0.2, 0.25) is 5.02 Å². The number of ether oxygens (including phenoxy) is 1. The van der Waals surface area contributed by atoms with Crippen LogP contribution in [-0.4, -0.2) is 26.4 Å². The van der Waals surface area contributed by atoms with Crippen molar-refractivity contribution >= 4 is 33.3 Å². The van der Waals surface area contributed by atoms with Gasteiger partial charge in [0.2, 0.25) is 0 Å². The molecule has 34 heavy (non-hydrogen) atoms. The molecule has 174 valence electrons. The van der Waals surface area contributed by atoms with E-state index in [1.165, 1.54) is 23.5 Å². The number of sulfonamides is 1. The lowest BCUT2D eigenvalue weighted by atomic mass is 10.2. The smallest absolute Gasteiger partial charge is 0.311 e. The topological polar surface area (TPSA) is 89.7 Å². The summed E-state index contributed by atoms with van der Waals surface area (Å²) in [5, 5.41) is 0.628. The molecule has 0 radical (unpaired) electrons. The van der Waals surface area contributed by atoms with E-state index in [1.54, 1.807) is 60.8 Å². The fourth-order valence-corrected chi connectivity index (χ4v) is 4.52. The molecule has 0 saturated carbocycles. The van der Waals surface area contributed by atoms with Crippen LogP contribution in [0.1, 0.15) is 12.3 Å². The zero-order chi connectivity index (χ0) is 24.1. The van der Waals surface area contributed by atoms with E-state index in [4.69, 9.17) is 20.8 Å². The molecule has 0 bridgehead atoms. The van der Waals surface area contributed by atoms with Gasteiger partial charge in [-0.05, 0) is 60.7 Å². The number of carbonyl (C=O) groups excluding carboxylic acids is 1. The first-order valence-electron chi connectivity index (χ1n) is 10.4. The highest BCUT2D eigenvalue weighted by molar-refractivity contribution is 7.92. The number of rotatable bonds is 8. The summed E-state index contributed by atoms with van der Waals surface area (Å²) in [4.78, 5) is 16.6. The Morgan fingerprint density at radius 3 is 2.35 bits per heavy atom. The molecule has 7 nitrogen and oxygen atoms in total. The van der Waals surface area contributed by atoms with Crippen molar-refractivity contribution in [3.05, 3.63) is 96.0 Å². The van der Waals surface area contributed by atoms with Crippen molar-refractivity contribution in [3.8, 4) is 17.1 Å². The van der Waals surface area contributed by atoms with Crippen LogP contribution in [0.25, 0.3) is 11.3 Å². The van der Waals surface area contributed by atoms with E-state index in [-0.39, 0.29) is 17.7 Å². The number of anilines is 1. The second-order valence-corrected chi connectivity index (χ2v) is 9.78. The zero-order valence-corrected chi connectivity index (χ0v) is 19.8. The van der Waals surface area contributed by atoms with Gasteiger partial charge in [0, 0.05) is 24.1 Å². The van der Waals surface area contributed by atoms with Crippen molar-refractivity contribution in [1.29, 1.82) is 0 Å². The highest BCUT2D eigenvalue weighted by Gasteiger charge is 2.21. The van der Waals surface area contributed by atoms with Crippen molar-refractivity contribution in [2.45, 2.75) is 17.7 Å². The molecule has 3 aromatic carbocycles. The molecule has 0 N–H and O–H groups in total. The molecule has 0 fully saturated rings. The van der Waals surface area contributed by atoms with Crippen molar-refractivity contribution in [2.75, 3.05) is 11.4 Å².